The van der Waals surface area contributed by atoms with Gasteiger partial charge in [-0.15, -0.1) is 11.8 Å². The highest BCUT2D eigenvalue weighted by molar-refractivity contribution is 8.00. The Labute approximate surface area is 146 Å². The maximum atomic E-state index is 10.6. The SMILES string of the molecule is CC(C)Oc1ncccc1-c1ccc(SC(C)/C=C/C(=O)O)cc1. The molecule has 1 N–H and O–H groups in total. The summed E-state index contributed by atoms with van der Waals surface area (Å²) in [6.45, 7) is 5.92. The molecule has 24 heavy (non-hydrogen) atoms. The topological polar surface area (TPSA) is 59.4 Å². The molecule has 0 aliphatic rings. The largest absolute Gasteiger partial charge is 0.478 e. The zero-order chi connectivity index (χ0) is 17.5. The molecule has 2 rings (SSSR count). The van der Waals surface area contributed by atoms with Crippen LogP contribution in [-0.4, -0.2) is 27.4 Å². The number of pyridine rings is 1. The molecule has 0 bridgehead atoms. The van der Waals surface area contributed by atoms with Crippen LogP contribution in [0.3, 0.4) is 0 Å². The Kier molecular flexibility index (Phi) is 6.44. The molecule has 2 aromatic rings. The van der Waals surface area contributed by atoms with Crippen LogP contribution in [-0.2, 0) is 4.79 Å². The molecule has 0 aliphatic heterocycles. The number of aliphatic carboxylic acids is 1. The average Bonchev–Trinajstić information content (AvgIpc) is 2.54. The number of thioether (sulfide) groups is 1. The van der Waals surface area contributed by atoms with Crippen molar-refractivity contribution >= 4 is 17.7 Å². The van der Waals surface area contributed by atoms with Gasteiger partial charge in [-0.2, -0.15) is 0 Å². The molecule has 5 heteroatoms. The Morgan fingerprint density at radius 3 is 2.54 bits per heavy atom. The lowest BCUT2D eigenvalue weighted by atomic mass is 10.1. The monoisotopic (exact) mass is 343 g/mol. The van der Waals surface area contributed by atoms with Gasteiger partial charge in [0.1, 0.15) is 0 Å². The van der Waals surface area contributed by atoms with E-state index < -0.39 is 5.97 Å². The highest BCUT2D eigenvalue weighted by Gasteiger charge is 2.09. The van der Waals surface area contributed by atoms with Crippen LogP contribution in [0.4, 0.5) is 0 Å². The number of ether oxygens (including phenoxy) is 1. The Morgan fingerprint density at radius 2 is 1.92 bits per heavy atom. The number of benzene rings is 1. The molecule has 0 spiro atoms. The third-order valence-corrected chi connectivity index (χ3v) is 4.19. The summed E-state index contributed by atoms with van der Waals surface area (Å²) in [5.74, 6) is -0.294. The van der Waals surface area contributed by atoms with Gasteiger partial charge in [0.25, 0.3) is 0 Å². The van der Waals surface area contributed by atoms with Gasteiger partial charge in [-0.1, -0.05) is 18.2 Å². The fourth-order valence-electron chi connectivity index (χ4n) is 2.11. The van der Waals surface area contributed by atoms with E-state index in [2.05, 4.69) is 4.98 Å². The van der Waals surface area contributed by atoms with Gasteiger partial charge in [0, 0.05) is 28.0 Å². The molecule has 1 atom stereocenters. The first-order valence-electron chi connectivity index (χ1n) is 7.75. The van der Waals surface area contributed by atoms with Crippen molar-refractivity contribution in [2.75, 3.05) is 0 Å². The van der Waals surface area contributed by atoms with Crippen LogP contribution in [0.5, 0.6) is 5.88 Å². The Morgan fingerprint density at radius 1 is 1.21 bits per heavy atom. The standard InChI is InChI=1S/C19H21NO3S/c1-13(2)23-19-17(5-4-12-20-19)15-7-9-16(10-8-15)24-14(3)6-11-18(21)22/h4-14H,1-3H3,(H,21,22)/b11-6+. The van der Waals surface area contributed by atoms with Gasteiger partial charge < -0.3 is 9.84 Å². The van der Waals surface area contributed by atoms with Gasteiger partial charge in [-0.25, -0.2) is 9.78 Å². The van der Waals surface area contributed by atoms with Crippen LogP contribution in [0.15, 0.2) is 59.6 Å². The highest BCUT2D eigenvalue weighted by Crippen LogP contribution is 2.31. The molecule has 1 unspecified atom stereocenters. The third-order valence-electron chi connectivity index (χ3n) is 3.12. The Hall–Kier alpha value is -2.27. The summed E-state index contributed by atoms with van der Waals surface area (Å²) in [6, 6.07) is 12.0. The fraction of sp³-hybridized carbons (Fsp3) is 0.263. The molecule has 0 amide bonds. The van der Waals surface area contributed by atoms with Gasteiger partial charge >= 0.3 is 5.97 Å². The third kappa shape index (κ3) is 5.42. The molecule has 126 valence electrons. The second-order valence-corrected chi connectivity index (χ2v) is 7.02. The van der Waals surface area contributed by atoms with Crippen molar-refractivity contribution in [2.45, 2.75) is 37.0 Å². The highest BCUT2D eigenvalue weighted by atomic mass is 32.2. The van der Waals surface area contributed by atoms with Gasteiger partial charge in [0.15, 0.2) is 0 Å². The molecule has 1 heterocycles. The van der Waals surface area contributed by atoms with Crippen LogP contribution in [0.25, 0.3) is 11.1 Å². The summed E-state index contributed by atoms with van der Waals surface area (Å²) in [5, 5.41) is 8.75. The first kappa shape index (κ1) is 18.1. The van der Waals surface area contributed by atoms with Gasteiger partial charge in [0.2, 0.25) is 5.88 Å². The summed E-state index contributed by atoms with van der Waals surface area (Å²) in [5.41, 5.74) is 2.00. The van der Waals surface area contributed by atoms with Crippen molar-refractivity contribution in [1.82, 2.24) is 4.98 Å². The van der Waals surface area contributed by atoms with E-state index in [9.17, 15) is 4.79 Å². The number of hydrogen-bond donors (Lipinski definition) is 1. The second kappa shape index (κ2) is 8.55. The first-order valence-corrected chi connectivity index (χ1v) is 8.63. The number of hydrogen-bond acceptors (Lipinski definition) is 4. The minimum atomic E-state index is -0.924. The van der Waals surface area contributed by atoms with Gasteiger partial charge in [-0.3, -0.25) is 0 Å². The van der Waals surface area contributed by atoms with Crippen LogP contribution in [0, 0.1) is 0 Å². The van der Waals surface area contributed by atoms with Crippen LogP contribution >= 0.6 is 11.8 Å². The minimum absolute atomic E-state index is 0.0651. The maximum Gasteiger partial charge on any atom is 0.328 e. The summed E-state index contributed by atoms with van der Waals surface area (Å²) in [4.78, 5) is 15.9. The smallest absolute Gasteiger partial charge is 0.328 e. The average molecular weight is 343 g/mol. The van der Waals surface area contributed by atoms with E-state index in [1.807, 2.05) is 57.2 Å². The normalized spacial score (nSPS) is 12.5. The predicted octanol–water partition coefficient (Wildman–Crippen LogP) is 4.66. The van der Waals surface area contributed by atoms with E-state index in [1.165, 1.54) is 6.08 Å². The van der Waals surface area contributed by atoms with Crippen molar-refractivity contribution in [2.24, 2.45) is 0 Å². The molecule has 0 saturated carbocycles. The van der Waals surface area contributed by atoms with Crippen molar-refractivity contribution in [3.8, 4) is 17.0 Å². The van der Waals surface area contributed by atoms with Gasteiger partial charge in [-0.05, 0) is 50.6 Å². The number of carboxylic acids is 1. The zero-order valence-electron chi connectivity index (χ0n) is 14.0. The van der Waals surface area contributed by atoms with Crippen molar-refractivity contribution < 1.29 is 14.6 Å². The van der Waals surface area contributed by atoms with Crippen molar-refractivity contribution in [3.63, 3.8) is 0 Å². The summed E-state index contributed by atoms with van der Waals surface area (Å²) in [6.07, 6.45) is 4.64. The van der Waals surface area contributed by atoms with Crippen LogP contribution < -0.4 is 4.74 Å². The molecule has 0 fully saturated rings. The number of rotatable bonds is 7. The van der Waals surface area contributed by atoms with Crippen molar-refractivity contribution in [1.29, 1.82) is 0 Å². The maximum absolute atomic E-state index is 10.6. The van der Waals surface area contributed by atoms with Gasteiger partial charge in [0.05, 0.1) is 6.10 Å². The Bertz CT molecular complexity index is 711. The molecule has 1 aromatic heterocycles. The molecule has 0 radical (unpaired) electrons. The van der Waals surface area contributed by atoms with E-state index in [0.29, 0.717) is 5.88 Å². The lowest BCUT2D eigenvalue weighted by Gasteiger charge is -2.13. The molecular formula is C19H21NO3S. The van der Waals surface area contributed by atoms with E-state index in [1.54, 1.807) is 24.0 Å². The lowest BCUT2D eigenvalue weighted by Crippen LogP contribution is -2.07. The summed E-state index contributed by atoms with van der Waals surface area (Å²) in [7, 11) is 0. The number of aromatic nitrogens is 1. The van der Waals surface area contributed by atoms with Crippen molar-refractivity contribution in [3.05, 3.63) is 54.7 Å². The number of nitrogens with zero attached hydrogens (tertiary/aromatic N) is 1. The van der Waals surface area contributed by atoms with E-state index in [4.69, 9.17) is 9.84 Å². The molecule has 4 nitrogen and oxygen atoms in total. The number of carboxylic acid groups (broad SMARTS) is 1. The van der Waals surface area contributed by atoms with Crippen LogP contribution in [0.1, 0.15) is 20.8 Å². The summed E-state index contributed by atoms with van der Waals surface area (Å²) < 4.78 is 5.77. The second-order valence-electron chi connectivity index (χ2n) is 5.57. The Balaban J connectivity index is 2.14. The van der Waals surface area contributed by atoms with E-state index in [0.717, 1.165) is 16.0 Å². The summed E-state index contributed by atoms with van der Waals surface area (Å²) >= 11 is 1.61. The number of carbonyl (C=O) groups is 1. The molecule has 1 aromatic carbocycles. The quantitative estimate of drug-likeness (QED) is 0.585. The van der Waals surface area contributed by atoms with E-state index >= 15 is 0 Å². The lowest BCUT2D eigenvalue weighted by molar-refractivity contribution is -0.131. The fourth-order valence-corrected chi connectivity index (χ4v) is 2.99. The van der Waals surface area contributed by atoms with E-state index in [-0.39, 0.29) is 11.4 Å². The zero-order valence-corrected chi connectivity index (χ0v) is 14.8. The predicted molar refractivity (Wildman–Crippen MR) is 97.5 cm³/mol. The van der Waals surface area contributed by atoms with Crippen LogP contribution in [0.2, 0.25) is 0 Å². The molecule has 0 aliphatic carbocycles. The molecule has 0 saturated heterocycles. The first-order chi connectivity index (χ1) is 11.5. The minimum Gasteiger partial charge on any atom is -0.478 e. The molecular weight excluding hydrogens is 322 g/mol.